The third-order valence-electron chi connectivity index (χ3n) is 4.68. The third kappa shape index (κ3) is 3.70. The molecule has 1 aliphatic heterocycles. The van der Waals surface area contributed by atoms with Crippen LogP contribution in [0.4, 0.5) is 5.95 Å². The van der Waals surface area contributed by atoms with Gasteiger partial charge in [0.15, 0.2) is 0 Å². The van der Waals surface area contributed by atoms with Crippen LogP contribution in [0.2, 0.25) is 0 Å². The van der Waals surface area contributed by atoms with Crippen molar-refractivity contribution in [2.24, 2.45) is 0 Å². The summed E-state index contributed by atoms with van der Waals surface area (Å²) < 4.78 is 10.5. The predicted octanol–water partition coefficient (Wildman–Crippen LogP) is 2.25. The molecular weight excluding hydrogens is 348 g/mol. The Hall–Kier alpha value is -3.13. The van der Waals surface area contributed by atoms with Crippen molar-refractivity contribution >= 4 is 22.9 Å². The second-order valence-corrected chi connectivity index (χ2v) is 6.45. The Balaban J connectivity index is 1.40. The first-order valence-electron chi connectivity index (χ1n) is 8.72. The van der Waals surface area contributed by atoms with Gasteiger partial charge >= 0.3 is 5.97 Å². The molecule has 0 saturated carbocycles. The highest BCUT2D eigenvalue weighted by molar-refractivity contribution is 5.91. The van der Waals surface area contributed by atoms with E-state index in [9.17, 15) is 4.79 Å². The summed E-state index contributed by atoms with van der Waals surface area (Å²) in [5.41, 5.74) is 1.72. The summed E-state index contributed by atoms with van der Waals surface area (Å²) in [6.07, 6.45) is 1.71. The molecule has 8 heteroatoms. The topological polar surface area (TPSA) is 91.9 Å². The highest BCUT2D eigenvalue weighted by atomic mass is 16.5. The van der Waals surface area contributed by atoms with Gasteiger partial charge in [-0.05, 0) is 23.8 Å². The monoisotopic (exact) mass is 368 g/mol. The van der Waals surface area contributed by atoms with Gasteiger partial charge in [-0.1, -0.05) is 6.07 Å². The molecule has 140 valence electrons. The summed E-state index contributed by atoms with van der Waals surface area (Å²) in [5.74, 6) is 0.171. The summed E-state index contributed by atoms with van der Waals surface area (Å²) in [6, 6.07) is 9.11. The first-order chi connectivity index (χ1) is 13.1. The molecule has 1 fully saturated rings. The van der Waals surface area contributed by atoms with Crippen LogP contribution in [0.3, 0.4) is 0 Å². The van der Waals surface area contributed by atoms with Crippen molar-refractivity contribution in [2.45, 2.75) is 6.54 Å². The van der Waals surface area contributed by atoms with E-state index in [1.165, 1.54) is 0 Å². The standard InChI is InChI=1S/C19H20N4O4/c1-26-17-4-5-20-19(21-17)23-8-6-22(7-9-23)12-13-2-3-15-14(10-13)11-16(27-15)18(24)25/h2-5,10-11H,6-9,12H2,1H3,(H,24,25). The van der Waals surface area contributed by atoms with Crippen molar-refractivity contribution in [3.8, 4) is 5.88 Å². The van der Waals surface area contributed by atoms with Gasteiger partial charge in [0.2, 0.25) is 17.6 Å². The molecule has 0 amide bonds. The first kappa shape index (κ1) is 17.3. The number of aromatic carboxylic acids is 1. The van der Waals surface area contributed by atoms with Gasteiger partial charge in [0.05, 0.1) is 7.11 Å². The summed E-state index contributed by atoms with van der Waals surface area (Å²) in [6.45, 7) is 4.26. The van der Waals surface area contributed by atoms with Gasteiger partial charge in [-0.15, -0.1) is 0 Å². The van der Waals surface area contributed by atoms with Crippen LogP contribution < -0.4 is 9.64 Å². The fourth-order valence-electron chi connectivity index (χ4n) is 3.26. The van der Waals surface area contributed by atoms with Crippen LogP contribution >= 0.6 is 0 Å². The van der Waals surface area contributed by atoms with Gasteiger partial charge in [0, 0.05) is 50.4 Å². The van der Waals surface area contributed by atoms with Crippen molar-refractivity contribution in [2.75, 3.05) is 38.2 Å². The minimum atomic E-state index is -1.05. The molecule has 0 aliphatic carbocycles. The summed E-state index contributed by atoms with van der Waals surface area (Å²) in [4.78, 5) is 24.3. The van der Waals surface area contributed by atoms with Gasteiger partial charge in [-0.25, -0.2) is 9.78 Å². The van der Waals surface area contributed by atoms with Crippen molar-refractivity contribution in [3.63, 3.8) is 0 Å². The van der Waals surface area contributed by atoms with Crippen molar-refractivity contribution in [1.82, 2.24) is 14.9 Å². The quantitative estimate of drug-likeness (QED) is 0.733. The van der Waals surface area contributed by atoms with E-state index >= 15 is 0 Å². The maximum Gasteiger partial charge on any atom is 0.371 e. The number of piperazine rings is 1. The van der Waals surface area contributed by atoms with E-state index in [1.54, 1.807) is 25.4 Å². The lowest BCUT2D eigenvalue weighted by Crippen LogP contribution is -2.46. The Bertz CT molecular complexity index is 963. The number of carboxylic acids is 1. The number of carboxylic acid groups (broad SMARTS) is 1. The number of anilines is 1. The molecule has 27 heavy (non-hydrogen) atoms. The second-order valence-electron chi connectivity index (χ2n) is 6.45. The van der Waals surface area contributed by atoms with Crippen LogP contribution in [0, 0.1) is 0 Å². The van der Waals surface area contributed by atoms with Gasteiger partial charge in [-0.3, -0.25) is 4.90 Å². The molecule has 8 nitrogen and oxygen atoms in total. The van der Waals surface area contributed by atoms with E-state index in [2.05, 4.69) is 19.8 Å². The molecule has 0 radical (unpaired) electrons. The van der Waals surface area contributed by atoms with Crippen LogP contribution in [-0.2, 0) is 6.54 Å². The lowest BCUT2D eigenvalue weighted by Gasteiger charge is -2.34. The number of hydrogen-bond acceptors (Lipinski definition) is 7. The third-order valence-corrected chi connectivity index (χ3v) is 4.68. The average Bonchev–Trinajstić information content (AvgIpc) is 3.12. The zero-order valence-electron chi connectivity index (χ0n) is 15.0. The molecule has 0 spiro atoms. The minimum absolute atomic E-state index is 0.0333. The van der Waals surface area contributed by atoms with Crippen LogP contribution in [0.25, 0.3) is 11.0 Å². The van der Waals surface area contributed by atoms with Crippen LogP contribution in [-0.4, -0.2) is 59.2 Å². The molecule has 4 rings (SSSR count). The molecule has 3 heterocycles. The number of hydrogen-bond donors (Lipinski definition) is 1. The maximum atomic E-state index is 11.0. The van der Waals surface area contributed by atoms with Crippen molar-refractivity contribution < 1.29 is 19.1 Å². The fourth-order valence-corrected chi connectivity index (χ4v) is 3.26. The molecule has 0 atom stereocenters. The lowest BCUT2D eigenvalue weighted by molar-refractivity contribution is 0.0665. The highest BCUT2D eigenvalue weighted by Crippen LogP contribution is 2.22. The van der Waals surface area contributed by atoms with Crippen molar-refractivity contribution in [1.29, 1.82) is 0 Å². The number of furan rings is 1. The van der Waals surface area contributed by atoms with E-state index in [1.807, 2.05) is 18.2 Å². The number of fused-ring (bicyclic) bond motifs is 1. The van der Waals surface area contributed by atoms with E-state index in [0.717, 1.165) is 43.7 Å². The largest absolute Gasteiger partial charge is 0.481 e. The number of carbonyl (C=O) groups is 1. The number of ether oxygens (including phenoxy) is 1. The molecule has 3 aromatic rings. The smallest absolute Gasteiger partial charge is 0.371 e. The van der Waals surface area contributed by atoms with E-state index < -0.39 is 5.97 Å². The fraction of sp³-hybridized carbons (Fsp3) is 0.316. The minimum Gasteiger partial charge on any atom is -0.481 e. The number of benzene rings is 1. The Morgan fingerprint density at radius 2 is 2.04 bits per heavy atom. The summed E-state index contributed by atoms with van der Waals surface area (Å²) in [5, 5.41) is 9.86. The summed E-state index contributed by atoms with van der Waals surface area (Å²) in [7, 11) is 1.60. The molecule has 2 aromatic heterocycles. The molecule has 1 aromatic carbocycles. The molecule has 1 saturated heterocycles. The van der Waals surface area contributed by atoms with E-state index in [4.69, 9.17) is 14.3 Å². The predicted molar refractivity (Wildman–Crippen MR) is 99.2 cm³/mol. The van der Waals surface area contributed by atoms with Crippen LogP contribution in [0.1, 0.15) is 16.1 Å². The van der Waals surface area contributed by atoms with Gasteiger partial charge < -0.3 is 19.2 Å². The normalized spacial score (nSPS) is 15.2. The highest BCUT2D eigenvalue weighted by Gasteiger charge is 2.20. The number of methoxy groups -OCH3 is 1. The van der Waals surface area contributed by atoms with Crippen molar-refractivity contribution in [3.05, 3.63) is 47.9 Å². The number of nitrogens with zero attached hydrogens (tertiary/aromatic N) is 4. The Kier molecular flexibility index (Phi) is 4.64. The zero-order valence-corrected chi connectivity index (χ0v) is 15.0. The Morgan fingerprint density at radius 1 is 1.22 bits per heavy atom. The van der Waals surface area contributed by atoms with Gasteiger partial charge in [0.1, 0.15) is 5.58 Å². The van der Waals surface area contributed by atoms with E-state index in [-0.39, 0.29) is 5.76 Å². The second kappa shape index (κ2) is 7.24. The number of aromatic nitrogens is 2. The zero-order chi connectivity index (χ0) is 18.8. The molecular formula is C19H20N4O4. The van der Waals surface area contributed by atoms with Gasteiger partial charge in [0.25, 0.3) is 0 Å². The summed E-state index contributed by atoms with van der Waals surface area (Å²) >= 11 is 0. The molecule has 0 bridgehead atoms. The number of rotatable bonds is 5. The Labute approximate surface area is 156 Å². The van der Waals surface area contributed by atoms with E-state index in [0.29, 0.717) is 17.4 Å². The first-order valence-corrected chi connectivity index (χ1v) is 8.72. The lowest BCUT2D eigenvalue weighted by atomic mass is 10.1. The average molecular weight is 368 g/mol. The SMILES string of the molecule is COc1ccnc(N2CCN(Cc3ccc4oc(C(=O)O)cc4c3)CC2)n1. The van der Waals surface area contributed by atoms with Gasteiger partial charge in [-0.2, -0.15) is 4.98 Å². The maximum absolute atomic E-state index is 11.0. The van der Waals surface area contributed by atoms with Crippen LogP contribution in [0.5, 0.6) is 5.88 Å². The molecule has 0 unspecified atom stereocenters. The van der Waals surface area contributed by atoms with Crippen LogP contribution in [0.15, 0.2) is 40.9 Å². The molecule has 1 N–H and O–H groups in total. The molecule has 1 aliphatic rings. The Morgan fingerprint density at radius 3 is 2.78 bits per heavy atom.